The minimum Gasteiger partial charge on any atom is -0.469 e. The minimum absolute atomic E-state index is 0.0335. The number of carbonyl (C=O) groups excluding carboxylic acids is 1. The number of carbonyl (C=O) groups is 1. The largest absolute Gasteiger partial charge is 0.469 e. The zero-order valence-electron chi connectivity index (χ0n) is 11.4. The summed E-state index contributed by atoms with van der Waals surface area (Å²) in [5.41, 5.74) is 6.34. The predicted octanol–water partition coefficient (Wildman–Crippen LogP) is 2.67. The van der Waals surface area contributed by atoms with Crippen LogP contribution in [0.15, 0.2) is 34.9 Å². The van der Waals surface area contributed by atoms with Crippen molar-refractivity contribution in [3.8, 4) is 0 Å². The fourth-order valence-corrected chi connectivity index (χ4v) is 2.05. The molecule has 1 amide bonds. The van der Waals surface area contributed by atoms with Crippen LogP contribution in [0.1, 0.15) is 28.6 Å². The minimum atomic E-state index is -0.540. The first-order valence-electron chi connectivity index (χ1n) is 6.36. The number of benzene rings is 1. The Bertz CT molecular complexity index is 609. The number of nitrogens with two attached hydrogens (primary N) is 1. The van der Waals surface area contributed by atoms with Crippen molar-refractivity contribution in [2.75, 3.05) is 5.73 Å². The van der Waals surface area contributed by atoms with Crippen molar-refractivity contribution >= 4 is 11.6 Å². The SMILES string of the molecule is Cc1cc(N)cc(C(=O)NC(C)Cc2ccco2)c1F. The summed E-state index contributed by atoms with van der Waals surface area (Å²) in [5, 5.41) is 2.74. The molecule has 2 aromatic rings. The first kappa shape index (κ1) is 14.1. The monoisotopic (exact) mass is 276 g/mol. The van der Waals surface area contributed by atoms with E-state index >= 15 is 0 Å². The molecule has 2 rings (SSSR count). The van der Waals surface area contributed by atoms with Gasteiger partial charge in [0, 0.05) is 18.2 Å². The maximum absolute atomic E-state index is 13.9. The normalized spacial score (nSPS) is 12.2. The average molecular weight is 276 g/mol. The van der Waals surface area contributed by atoms with Crippen LogP contribution in [-0.2, 0) is 6.42 Å². The molecular weight excluding hydrogens is 259 g/mol. The zero-order valence-corrected chi connectivity index (χ0v) is 11.4. The second kappa shape index (κ2) is 5.77. The van der Waals surface area contributed by atoms with Gasteiger partial charge in [0.1, 0.15) is 11.6 Å². The van der Waals surface area contributed by atoms with Crippen LogP contribution in [0.4, 0.5) is 10.1 Å². The standard InChI is InChI=1S/C15H17FN2O2/c1-9-6-11(17)8-13(14(9)16)15(19)18-10(2)7-12-4-3-5-20-12/h3-6,8,10H,7,17H2,1-2H3,(H,18,19). The predicted molar refractivity (Wildman–Crippen MR) is 74.9 cm³/mol. The Morgan fingerprint density at radius 3 is 2.90 bits per heavy atom. The van der Waals surface area contributed by atoms with Gasteiger partial charge in [0.25, 0.3) is 5.91 Å². The zero-order chi connectivity index (χ0) is 14.7. The number of hydrogen-bond acceptors (Lipinski definition) is 3. The Balaban J connectivity index is 2.08. The summed E-state index contributed by atoms with van der Waals surface area (Å²) in [7, 11) is 0. The van der Waals surface area contributed by atoms with Crippen molar-refractivity contribution in [2.45, 2.75) is 26.3 Å². The van der Waals surface area contributed by atoms with Crippen molar-refractivity contribution < 1.29 is 13.6 Å². The highest BCUT2D eigenvalue weighted by atomic mass is 19.1. The van der Waals surface area contributed by atoms with Crippen LogP contribution in [0, 0.1) is 12.7 Å². The Kier molecular flexibility index (Phi) is 4.08. The highest BCUT2D eigenvalue weighted by Gasteiger charge is 2.17. The van der Waals surface area contributed by atoms with Crippen LogP contribution in [0.2, 0.25) is 0 Å². The molecule has 0 saturated heterocycles. The number of hydrogen-bond donors (Lipinski definition) is 2. The fraction of sp³-hybridized carbons (Fsp3) is 0.267. The number of aryl methyl sites for hydroxylation is 1. The molecule has 3 N–H and O–H groups in total. The van der Waals surface area contributed by atoms with Gasteiger partial charge in [-0.3, -0.25) is 4.79 Å². The number of anilines is 1. The van der Waals surface area contributed by atoms with Gasteiger partial charge in [0.15, 0.2) is 0 Å². The molecule has 0 spiro atoms. The van der Waals surface area contributed by atoms with E-state index in [0.717, 1.165) is 5.76 Å². The highest BCUT2D eigenvalue weighted by Crippen LogP contribution is 2.17. The summed E-state index contributed by atoms with van der Waals surface area (Å²) >= 11 is 0. The molecule has 5 heteroatoms. The molecule has 20 heavy (non-hydrogen) atoms. The Hall–Kier alpha value is -2.30. The molecule has 1 atom stereocenters. The van der Waals surface area contributed by atoms with Crippen molar-refractivity contribution in [3.05, 3.63) is 53.2 Å². The van der Waals surface area contributed by atoms with Crippen molar-refractivity contribution in [1.29, 1.82) is 0 Å². The van der Waals surface area contributed by atoms with Crippen LogP contribution in [0.5, 0.6) is 0 Å². The third kappa shape index (κ3) is 3.17. The van der Waals surface area contributed by atoms with Gasteiger partial charge in [-0.2, -0.15) is 0 Å². The van der Waals surface area contributed by atoms with Crippen LogP contribution in [0.25, 0.3) is 0 Å². The lowest BCUT2D eigenvalue weighted by molar-refractivity contribution is 0.0935. The molecule has 0 aliphatic rings. The summed E-state index contributed by atoms with van der Waals surface area (Å²) in [6.45, 7) is 3.41. The summed E-state index contributed by atoms with van der Waals surface area (Å²) in [6, 6.07) is 6.28. The number of amides is 1. The summed E-state index contributed by atoms with van der Waals surface area (Å²) < 4.78 is 19.1. The second-order valence-electron chi connectivity index (χ2n) is 4.86. The lowest BCUT2D eigenvalue weighted by atomic mass is 10.1. The van der Waals surface area contributed by atoms with E-state index in [2.05, 4.69) is 5.32 Å². The molecule has 1 heterocycles. The third-order valence-electron chi connectivity index (χ3n) is 2.99. The first-order valence-corrected chi connectivity index (χ1v) is 6.36. The van der Waals surface area contributed by atoms with Crippen LogP contribution in [0.3, 0.4) is 0 Å². The molecule has 4 nitrogen and oxygen atoms in total. The van der Waals surface area contributed by atoms with Gasteiger partial charge in [-0.05, 0) is 43.7 Å². The van der Waals surface area contributed by atoms with E-state index < -0.39 is 11.7 Å². The molecule has 0 fully saturated rings. The Morgan fingerprint density at radius 1 is 1.50 bits per heavy atom. The van der Waals surface area contributed by atoms with E-state index in [1.165, 1.54) is 12.1 Å². The third-order valence-corrected chi connectivity index (χ3v) is 2.99. The maximum Gasteiger partial charge on any atom is 0.254 e. The number of furan rings is 1. The molecule has 0 bridgehead atoms. The van der Waals surface area contributed by atoms with Crippen molar-refractivity contribution in [1.82, 2.24) is 5.32 Å². The fourth-order valence-electron chi connectivity index (χ4n) is 2.05. The topological polar surface area (TPSA) is 68.3 Å². The van der Waals surface area contributed by atoms with E-state index in [1.54, 1.807) is 19.3 Å². The van der Waals surface area contributed by atoms with Gasteiger partial charge in [0.2, 0.25) is 0 Å². The maximum atomic E-state index is 13.9. The van der Waals surface area contributed by atoms with Crippen LogP contribution < -0.4 is 11.1 Å². The van der Waals surface area contributed by atoms with Gasteiger partial charge in [-0.1, -0.05) is 0 Å². The molecule has 0 saturated carbocycles. The smallest absolute Gasteiger partial charge is 0.254 e. The average Bonchev–Trinajstić information content (AvgIpc) is 2.86. The van der Waals surface area contributed by atoms with E-state index in [4.69, 9.17) is 10.2 Å². The molecule has 1 unspecified atom stereocenters. The Morgan fingerprint density at radius 2 is 2.25 bits per heavy atom. The summed E-state index contributed by atoms with van der Waals surface area (Å²) in [4.78, 5) is 12.1. The molecule has 0 radical (unpaired) electrons. The van der Waals surface area contributed by atoms with E-state index in [0.29, 0.717) is 17.7 Å². The summed E-state index contributed by atoms with van der Waals surface area (Å²) in [6.07, 6.45) is 2.12. The van der Waals surface area contributed by atoms with Gasteiger partial charge in [0.05, 0.1) is 11.8 Å². The molecule has 1 aromatic carbocycles. The summed E-state index contributed by atoms with van der Waals surface area (Å²) in [5.74, 6) is -0.249. The Labute approximate surface area is 116 Å². The number of rotatable bonds is 4. The molecule has 106 valence electrons. The number of nitrogen functional groups attached to an aromatic ring is 1. The lowest BCUT2D eigenvalue weighted by Gasteiger charge is -2.14. The second-order valence-corrected chi connectivity index (χ2v) is 4.86. The van der Waals surface area contributed by atoms with Gasteiger partial charge >= 0.3 is 0 Å². The van der Waals surface area contributed by atoms with E-state index in [9.17, 15) is 9.18 Å². The first-order chi connectivity index (χ1) is 9.47. The van der Waals surface area contributed by atoms with E-state index in [1.807, 2.05) is 13.0 Å². The number of halogens is 1. The van der Waals surface area contributed by atoms with Crippen molar-refractivity contribution in [2.24, 2.45) is 0 Å². The van der Waals surface area contributed by atoms with Crippen LogP contribution >= 0.6 is 0 Å². The van der Waals surface area contributed by atoms with Crippen molar-refractivity contribution in [3.63, 3.8) is 0 Å². The lowest BCUT2D eigenvalue weighted by Crippen LogP contribution is -2.34. The van der Waals surface area contributed by atoms with E-state index in [-0.39, 0.29) is 11.6 Å². The van der Waals surface area contributed by atoms with Gasteiger partial charge in [-0.25, -0.2) is 4.39 Å². The van der Waals surface area contributed by atoms with Crippen LogP contribution in [-0.4, -0.2) is 11.9 Å². The molecule has 1 aromatic heterocycles. The van der Waals surface area contributed by atoms with Gasteiger partial charge in [-0.15, -0.1) is 0 Å². The molecular formula is C15H17FN2O2. The molecule has 0 aliphatic carbocycles. The molecule has 0 aliphatic heterocycles. The highest BCUT2D eigenvalue weighted by molar-refractivity contribution is 5.95. The van der Waals surface area contributed by atoms with Gasteiger partial charge < -0.3 is 15.5 Å². The quantitative estimate of drug-likeness (QED) is 0.844. The number of nitrogens with one attached hydrogen (secondary N) is 1.